The highest BCUT2D eigenvalue weighted by Crippen LogP contribution is 2.30. The Morgan fingerprint density at radius 2 is 1.80 bits per heavy atom. The number of halogens is 1. The van der Waals surface area contributed by atoms with E-state index in [1.165, 1.54) is 16.8 Å². The van der Waals surface area contributed by atoms with E-state index in [0.717, 1.165) is 21.0 Å². The SMILES string of the molecule is COc1c(I)cc(-n2ccc(=O)[nH]c2=O)cc1C=Cc1ccc(NS(C)(=O)=O)cc1. The molecule has 0 aliphatic rings. The minimum absolute atomic E-state index is 0.464. The first-order valence-electron chi connectivity index (χ1n) is 8.62. The van der Waals surface area contributed by atoms with Crippen molar-refractivity contribution in [3.05, 3.63) is 84.2 Å². The Labute approximate surface area is 186 Å². The maximum Gasteiger partial charge on any atom is 0.332 e. The van der Waals surface area contributed by atoms with Crippen molar-refractivity contribution in [1.82, 2.24) is 9.55 Å². The van der Waals surface area contributed by atoms with E-state index < -0.39 is 21.3 Å². The van der Waals surface area contributed by atoms with Crippen LogP contribution in [0.2, 0.25) is 0 Å². The van der Waals surface area contributed by atoms with E-state index in [4.69, 9.17) is 4.74 Å². The Hall–Kier alpha value is -2.86. The Morgan fingerprint density at radius 3 is 2.40 bits per heavy atom. The summed E-state index contributed by atoms with van der Waals surface area (Å²) in [5, 5.41) is 0. The van der Waals surface area contributed by atoms with E-state index in [9.17, 15) is 18.0 Å². The predicted molar refractivity (Wildman–Crippen MR) is 126 cm³/mol. The molecule has 2 N–H and O–H groups in total. The van der Waals surface area contributed by atoms with Gasteiger partial charge in [-0.2, -0.15) is 0 Å². The molecule has 10 heteroatoms. The van der Waals surface area contributed by atoms with Crippen LogP contribution in [-0.4, -0.2) is 31.3 Å². The molecule has 0 aliphatic carbocycles. The molecule has 0 saturated heterocycles. The van der Waals surface area contributed by atoms with Crippen LogP contribution in [0.4, 0.5) is 5.69 Å². The van der Waals surface area contributed by atoms with Crippen molar-refractivity contribution in [1.29, 1.82) is 0 Å². The zero-order chi connectivity index (χ0) is 21.9. The molecule has 0 aliphatic heterocycles. The van der Waals surface area contributed by atoms with Crippen LogP contribution in [0, 0.1) is 3.57 Å². The van der Waals surface area contributed by atoms with Gasteiger partial charge in [0.25, 0.3) is 5.56 Å². The van der Waals surface area contributed by atoms with Crippen molar-refractivity contribution >= 4 is 50.5 Å². The maximum absolute atomic E-state index is 12.1. The second-order valence-electron chi connectivity index (χ2n) is 6.36. The van der Waals surface area contributed by atoms with Gasteiger partial charge in [-0.05, 0) is 52.4 Å². The van der Waals surface area contributed by atoms with E-state index >= 15 is 0 Å². The Bertz CT molecular complexity index is 1330. The lowest BCUT2D eigenvalue weighted by Crippen LogP contribution is -2.27. The molecule has 0 bridgehead atoms. The van der Waals surface area contributed by atoms with E-state index in [-0.39, 0.29) is 0 Å². The summed E-state index contributed by atoms with van der Waals surface area (Å²) < 4.78 is 32.7. The lowest BCUT2D eigenvalue weighted by Gasteiger charge is -2.12. The summed E-state index contributed by atoms with van der Waals surface area (Å²) in [7, 11) is -1.77. The summed E-state index contributed by atoms with van der Waals surface area (Å²) in [5.74, 6) is 0.642. The third-order valence-corrected chi connectivity index (χ3v) is 5.44. The summed E-state index contributed by atoms with van der Waals surface area (Å²) in [6, 6.07) is 11.7. The van der Waals surface area contributed by atoms with Gasteiger partial charge in [0.1, 0.15) is 5.75 Å². The molecule has 8 nitrogen and oxygen atoms in total. The molecule has 156 valence electrons. The molecule has 3 rings (SSSR count). The summed E-state index contributed by atoms with van der Waals surface area (Å²) in [6.07, 6.45) is 6.19. The van der Waals surface area contributed by atoms with Crippen molar-refractivity contribution in [2.24, 2.45) is 0 Å². The fourth-order valence-electron chi connectivity index (χ4n) is 2.76. The highest BCUT2D eigenvalue weighted by Gasteiger charge is 2.10. The summed E-state index contributed by atoms with van der Waals surface area (Å²) >= 11 is 2.12. The number of hydrogen-bond donors (Lipinski definition) is 2. The van der Waals surface area contributed by atoms with Crippen LogP contribution in [0.25, 0.3) is 17.8 Å². The van der Waals surface area contributed by atoms with Gasteiger partial charge in [0, 0.05) is 23.5 Å². The molecule has 0 amide bonds. The minimum Gasteiger partial charge on any atom is -0.495 e. The van der Waals surface area contributed by atoms with Crippen molar-refractivity contribution in [3.8, 4) is 11.4 Å². The van der Waals surface area contributed by atoms with Crippen LogP contribution in [0.5, 0.6) is 5.75 Å². The molecule has 3 aromatic rings. The van der Waals surface area contributed by atoms with Crippen LogP contribution in [0.15, 0.2) is 58.3 Å². The monoisotopic (exact) mass is 539 g/mol. The van der Waals surface area contributed by atoms with Crippen LogP contribution < -0.4 is 20.7 Å². The number of H-pyrrole nitrogens is 1. The fraction of sp³-hybridized carbons (Fsp3) is 0.100. The first-order valence-corrected chi connectivity index (χ1v) is 11.6. The Balaban J connectivity index is 1.97. The average molecular weight is 539 g/mol. The first kappa shape index (κ1) is 21.8. The van der Waals surface area contributed by atoms with Crippen molar-refractivity contribution in [2.45, 2.75) is 0 Å². The maximum atomic E-state index is 12.1. The predicted octanol–water partition coefficient (Wildman–Crippen LogP) is 2.68. The quantitative estimate of drug-likeness (QED) is 0.370. The van der Waals surface area contributed by atoms with Crippen LogP contribution in [0.1, 0.15) is 11.1 Å². The summed E-state index contributed by atoms with van der Waals surface area (Å²) in [5.41, 5.74) is 1.63. The number of nitrogens with zero attached hydrogens (tertiary/aromatic N) is 1. The van der Waals surface area contributed by atoms with Crippen LogP contribution >= 0.6 is 22.6 Å². The highest BCUT2D eigenvalue weighted by molar-refractivity contribution is 14.1. The number of anilines is 1. The lowest BCUT2D eigenvalue weighted by molar-refractivity contribution is 0.411. The summed E-state index contributed by atoms with van der Waals surface area (Å²) in [4.78, 5) is 25.7. The van der Waals surface area contributed by atoms with Crippen molar-refractivity contribution in [2.75, 3.05) is 18.1 Å². The van der Waals surface area contributed by atoms with Gasteiger partial charge in [-0.3, -0.25) is 19.1 Å². The topological polar surface area (TPSA) is 110 Å². The molecule has 2 aromatic carbocycles. The number of ether oxygens (including phenoxy) is 1. The molecule has 0 spiro atoms. The number of aromatic nitrogens is 2. The first-order chi connectivity index (χ1) is 14.2. The fourth-order valence-corrected chi connectivity index (χ4v) is 4.18. The van der Waals surface area contributed by atoms with E-state index in [2.05, 4.69) is 32.3 Å². The molecular formula is C20H18IN3O5S. The van der Waals surface area contributed by atoms with Gasteiger partial charge >= 0.3 is 5.69 Å². The molecule has 0 atom stereocenters. The van der Waals surface area contributed by atoms with Gasteiger partial charge in [-0.1, -0.05) is 24.3 Å². The van der Waals surface area contributed by atoms with Crippen LogP contribution in [-0.2, 0) is 10.0 Å². The molecule has 1 aromatic heterocycles. The Morgan fingerprint density at radius 1 is 1.10 bits per heavy atom. The normalized spacial score (nSPS) is 11.6. The molecule has 0 radical (unpaired) electrons. The zero-order valence-electron chi connectivity index (χ0n) is 16.0. The molecule has 30 heavy (non-hydrogen) atoms. The molecule has 0 fully saturated rings. The van der Waals surface area contributed by atoms with Gasteiger partial charge in [-0.15, -0.1) is 0 Å². The summed E-state index contributed by atoms with van der Waals surface area (Å²) in [6.45, 7) is 0. The smallest absolute Gasteiger partial charge is 0.332 e. The number of aromatic amines is 1. The zero-order valence-corrected chi connectivity index (χ0v) is 19.0. The Kier molecular flexibility index (Phi) is 6.46. The highest BCUT2D eigenvalue weighted by atomic mass is 127. The van der Waals surface area contributed by atoms with E-state index in [1.807, 2.05) is 12.2 Å². The van der Waals surface area contributed by atoms with Gasteiger partial charge < -0.3 is 4.74 Å². The van der Waals surface area contributed by atoms with Crippen molar-refractivity contribution < 1.29 is 13.2 Å². The van der Waals surface area contributed by atoms with E-state index in [0.29, 0.717) is 17.1 Å². The van der Waals surface area contributed by atoms with E-state index in [1.54, 1.807) is 43.5 Å². The molecule has 1 heterocycles. The average Bonchev–Trinajstić information content (AvgIpc) is 2.66. The minimum atomic E-state index is -3.33. The number of methoxy groups -OCH3 is 1. The van der Waals surface area contributed by atoms with Crippen molar-refractivity contribution in [3.63, 3.8) is 0 Å². The lowest BCUT2D eigenvalue weighted by atomic mass is 10.1. The number of hydrogen-bond acceptors (Lipinski definition) is 5. The van der Waals surface area contributed by atoms with Gasteiger partial charge in [0.05, 0.1) is 22.6 Å². The van der Waals surface area contributed by atoms with Gasteiger partial charge in [-0.25, -0.2) is 13.2 Å². The number of sulfonamides is 1. The largest absolute Gasteiger partial charge is 0.495 e. The number of benzene rings is 2. The molecule has 0 saturated carbocycles. The second-order valence-corrected chi connectivity index (χ2v) is 9.27. The second kappa shape index (κ2) is 8.88. The van der Waals surface area contributed by atoms with Gasteiger partial charge in [0.2, 0.25) is 10.0 Å². The number of nitrogens with one attached hydrogen (secondary N) is 2. The third kappa shape index (κ3) is 5.39. The standard InChI is InChI=1S/C20H18IN3O5S/c1-29-19-14(6-3-13-4-7-15(8-5-13)23-30(2,27)28)11-16(12-17(19)21)24-10-9-18(25)22-20(24)26/h3-12,23H,1-2H3,(H,22,25,26). The molecular weight excluding hydrogens is 521 g/mol. The third-order valence-electron chi connectivity index (χ3n) is 4.03. The van der Waals surface area contributed by atoms with Gasteiger partial charge in [0.15, 0.2) is 0 Å². The molecule has 0 unspecified atom stereocenters. The van der Waals surface area contributed by atoms with Crippen LogP contribution in [0.3, 0.4) is 0 Å². The number of rotatable bonds is 6.